The molecule has 0 unspecified atom stereocenters. The summed E-state index contributed by atoms with van der Waals surface area (Å²) in [5, 5.41) is 6.88. The molecule has 0 atom stereocenters. The van der Waals surface area contributed by atoms with Gasteiger partial charge in [0, 0.05) is 44.9 Å². The Hall–Kier alpha value is -3.75. The SMILES string of the molecule is Cn1cnc2c(N3CCN(c4cc(=O)[nH]nc4-c4ccccc4)CC3)ncnc21. The Morgan fingerprint density at radius 2 is 1.72 bits per heavy atom. The maximum Gasteiger partial charge on any atom is 0.266 e. The van der Waals surface area contributed by atoms with Crippen molar-refractivity contribution in [3.05, 3.63) is 59.4 Å². The van der Waals surface area contributed by atoms with Gasteiger partial charge in [0.05, 0.1) is 12.0 Å². The maximum atomic E-state index is 12.0. The molecule has 9 nitrogen and oxygen atoms in total. The van der Waals surface area contributed by atoms with Crippen molar-refractivity contribution in [1.82, 2.24) is 29.7 Å². The van der Waals surface area contributed by atoms with E-state index in [2.05, 4.69) is 34.9 Å². The number of rotatable bonds is 3. The topological polar surface area (TPSA) is 95.8 Å². The number of aryl methyl sites for hydroxylation is 1. The van der Waals surface area contributed by atoms with Gasteiger partial charge in [-0.05, 0) is 0 Å². The highest BCUT2D eigenvalue weighted by atomic mass is 16.1. The van der Waals surface area contributed by atoms with Crippen molar-refractivity contribution >= 4 is 22.7 Å². The fourth-order valence-electron chi connectivity index (χ4n) is 3.77. The van der Waals surface area contributed by atoms with Crippen molar-refractivity contribution in [2.24, 2.45) is 7.05 Å². The van der Waals surface area contributed by atoms with E-state index in [9.17, 15) is 4.79 Å². The van der Waals surface area contributed by atoms with Gasteiger partial charge in [0.2, 0.25) is 0 Å². The second-order valence-corrected chi connectivity index (χ2v) is 7.03. The average molecular weight is 388 g/mol. The monoisotopic (exact) mass is 388 g/mol. The van der Waals surface area contributed by atoms with Crippen molar-refractivity contribution in [2.45, 2.75) is 0 Å². The molecule has 3 aromatic heterocycles. The lowest BCUT2D eigenvalue weighted by Gasteiger charge is -2.37. The van der Waals surface area contributed by atoms with Gasteiger partial charge >= 0.3 is 0 Å². The van der Waals surface area contributed by atoms with Gasteiger partial charge in [-0.3, -0.25) is 4.79 Å². The average Bonchev–Trinajstić information content (AvgIpc) is 3.15. The molecule has 9 heteroatoms. The van der Waals surface area contributed by atoms with Crippen molar-refractivity contribution in [3.63, 3.8) is 0 Å². The first-order chi connectivity index (χ1) is 14.2. The lowest BCUT2D eigenvalue weighted by Crippen LogP contribution is -2.47. The molecule has 4 aromatic rings. The van der Waals surface area contributed by atoms with Crippen LogP contribution >= 0.6 is 0 Å². The Morgan fingerprint density at radius 3 is 2.52 bits per heavy atom. The third-order valence-corrected chi connectivity index (χ3v) is 5.23. The Morgan fingerprint density at radius 1 is 0.966 bits per heavy atom. The zero-order valence-corrected chi connectivity index (χ0v) is 16.0. The van der Waals surface area contributed by atoms with E-state index in [1.165, 1.54) is 0 Å². The first kappa shape index (κ1) is 17.4. The van der Waals surface area contributed by atoms with Crippen molar-refractivity contribution in [1.29, 1.82) is 0 Å². The zero-order valence-electron chi connectivity index (χ0n) is 16.0. The molecule has 146 valence electrons. The number of anilines is 2. The van der Waals surface area contributed by atoms with Crippen LogP contribution in [0.4, 0.5) is 11.5 Å². The van der Waals surface area contributed by atoms with E-state index in [1.807, 2.05) is 41.9 Å². The van der Waals surface area contributed by atoms with Crippen LogP contribution in [0.1, 0.15) is 0 Å². The van der Waals surface area contributed by atoms with E-state index in [-0.39, 0.29) is 5.56 Å². The molecule has 1 fully saturated rings. The van der Waals surface area contributed by atoms with Gasteiger partial charge < -0.3 is 14.4 Å². The van der Waals surface area contributed by atoms with E-state index in [4.69, 9.17) is 0 Å². The van der Waals surface area contributed by atoms with Gasteiger partial charge in [-0.15, -0.1) is 0 Å². The predicted molar refractivity (Wildman–Crippen MR) is 111 cm³/mol. The molecular formula is C20H20N8O. The highest BCUT2D eigenvalue weighted by Gasteiger charge is 2.24. The molecule has 0 saturated carbocycles. The van der Waals surface area contributed by atoms with E-state index in [0.29, 0.717) is 0 Å². The third-order valence-electron chi connectivity index (χ3n) is 5.23. The minimum atomic E-state index is -0.201. The van der Waals surface area contributed by atoms with Crippen molar-refractivity contribution < 1.29 is 0 Å². The third kappa shape index (κ3) is 3.10. The highest BCUT2D eigenvalue weighted by molar-refractivity contribution is 5.83. The summed E-state index contributed by atoms with van der Waals surface area (Å²) >= 11 is 0. The Bertz CT molecular complexity index is 1210. The van der Waals surface area contributed by atoms with E-state index in [0.717, 1.165) is 60.1 Å². The first-order valence-corrected chi connectivity index (χ1v) is 9.48. The quantitative estimate of drug-likeness (QED) is 0.567. The molecule has 0 radical (unpaired) electrons. The minimum absolute atomic E-state index is 0.201. The van der Waals surface area contributed by atoms with Crippen LogP contribution in [0.25, 0.3) is 22.4 Å². The van der Waals surface area contributed by atoms with Crippen LogP contribution in [0.15, 0.2) is 53.8 Å². The lowest BCUT2D eigenvalue weighted by atomic mass is 10.1. The summed E-state index contributed by atoms with van der Waals surface area (Å²) in [6, 6.07) is 11.5. The molecule has 1 saturated heterocycles. The largest absolute Gasteiger partial charge is 0.366 e. The van der Waals surface area contributed by atoms with Gasteiger partial charge in [-0.1, -0.05) is 30.3 Å². The molecule has 0 amide bonds. The molecule has 29 heavy (non-hydrogen) atoms. The van der Waals surface area contributed by atoms with Gasteiger partial charge in [-0.2, -0.15) is 5.10 Å². The van der Waals surface area contributed by atoms with Gasteiger partial charge in [-0.25, -0.2) is 20.1 Å². The maximum absolute atomic E-state index is 12.0. The molecule has 1 aliphatic rings. The van der Waals surface area contributed by atoms with E-state index in [1.54, 1.807) is 18.7 Å². The second kappa shape index (κ2) is 7.01. The number of benzene rings is 1. The molecule has 0 aliphatic carbocycles. The van der Waals surface area contributed by atoms with Crippen LogP contribution in [-0.2, 0) is 7.05 Å². The normalized spacial score (nSPS) is 14.5. The first-order valence-electron chi connectivity index (χ1n) is 9.48. The molecule has 1 aliphatic heterocycles. The number of fused-ring (bicyclic) bond motifs is 1. The van der Waals surface area contributed by atoms with Crippen molar-refractivity contribution in [2.75, 3.05) is 36.0 Å². The molecule has 0 spiro atoms. The minimum Gasteiger partial charge on any atom is -0.366 e. The van der Waals surface area contributed by atoms with Crippen LogP contribution in [0, 0.1) is 0 Å². The number of H-pyrrole nitrogens is 1. The van der Waals surface area contributed by atoms with Gasteiger partial charge in [0.25, 0.3) is 5.56 Å². The summed E-state index contributed by atoms with van der Waals surface area (Å²) in [5.41, 5.74) is 4.05. The molecule has 5 rings (SSSR count). The molecule has 4 heterocycles. The van der Waals surface area contributed by atoms with E-state index >= 15 is 0 Å². The second-order valence-electron chi connectivity index (χ2n) is 7.03. The predicted octanol–water partition coefficient (Wildman–Crippen LogP) is 1.44. The number of hydrogen-bond donors (Lipinski definition) is 1. The van der Waals surface area contributed by atoms with Crippen LogP contribution in [-0.4, -0.2) is 55.9 Å². The fourth-order valence-corrected chi connectivity index (χ4v) is 3.77. The summed E-state index contributed by atoms with van der Waals surface area (Å²) in [6.45, 7) is 3.04. The van der Waals surface area contributed by atoms with Crippen LogP contribution in [0.3, 0.4) is 0 Å². The number of aromatic nitrogens is 6. The van der Waals surface area contributed by atoms with Crippen molar-refractivity contribution in [3.8, 4) is 11.3 Å². The van der Waals surface area contributed by atoms with Gasteiger partial charge in [0.15, 0.2) is 17.0 Å². The molecule has 1 aromatic carbocycles. The summed E-state index contributed by atoms with van der Waals surface area (Å²) in [5.74, 6) is 0.850. The summed E-state index contributed by atoms with van der Waals surface area (Å²) < 4.78 is 1.89. The van der Waals surface area contributed by atoms with Crippen LogP contribution in [0.2, 0.25) is 0 Å². The van der Waals surface area contributed by atoms with E-state index < -0.39 is 0 Å². The molecular weight excluding hydrogens is 368 g/mol. The Labute approximate surface area is 166 Å². The Balaban J connectivity index is 1.43. The standard InChI is InChI=1S/C20H20N8O/c1-26-13-23-18-19(26)21-12-22-20(18)28-9-7-27(8-10-28)15-11-16(29)24-25-17(15)14-5-3-2-4-6-14/h2-6,11-13H,7-10H2,1H3,(H,24,29). The summed E-state index contributed by atoms with van der Waals surface area (Å²) in [4.78, 5) is 29.6. The van der Waals surface area contributed by atoms with Crippen LogP contribution < -0.4 is 15.4 Å². The van der Waals surface area contributed by atoms with Gasteiger partial charge in [0.1, 0.15) is 12.0 Å². The number of nitrogens with one attached hydrogen (secondary N) is 1. The smallest absolute Gasteiger partial charge is 0.266 e. The summed E-state index contributed by atoms with van der Waals surface area (Å²) in [7, 11) is 1.93. The number of nitrogens with zero attached hydrogens (tertiary/aromatic N) is 7. The fraction of sp³-hybridized carbons (Fsp3) is 0.250. The highest BCUT2D eigenvalue weighted by Crippen LogP contribution is 2.29. The Kier molecular flexibility index (Phi) is 4.19. The van der Waals surface area contributed by atoms with Crippen LogP contribution in [0.5, 0.6) is 0 Å². The lowest BCUT2D eigenvalue weighted by molar-refractivity contribution is 0.647. The number of piperazine rings is 1. The number of imidazole rings is 1. The summed E-state index contributed by atoms with van der Waals surface area (Å²) in [6.07, 6.45) is 3.34. The zero-order chi connectivity index (χ0) is 19.8. The molecule has 1 N–H and O–H groups in total. The molecule has 0 bridgehead atoms. The number of aromatic amines is 1. The number of hydrogen-bond acceptors (Lipinski definition) is 7.